The average molecular weight is 296 g/mol. The van der Waals surface area contributed by atoms with Crippen LogP contribution in [0, 0.1) is 11.8 Å². The molecule has 0 aliphatic heterocycles. The lowest BCUT2D eigenvalue weighted by Crippen LogP contribution is -2.09. The molecule has 0 unspecified atom stereocenters. The maximum absolute atomic E-state index is 12.6. The monoisotopic (exact) mass is 296 g/mol. The average Bonchev–Trinajstić information content (AvgIpc) is 2.44. The first-order chi connectivity index (χ1) is 10.4. The van der Waals surface area contributed by atoms with Crippen LogP contribution in [0.25, 0.3) is 10.8 Å². The SMILES string of the molecule is CC(C)CC(=O)c1cccc2cccc(C(=O)CC(C)C)c12. The second-order valence-corrected chi connectivity index (χ2v) is 6.75. The summed E-state index contributed by atoms with van der Waals surface area (Å²) >= 11 is 0. The fraction of sp³-hybridized carbons (Fsp3) is 0.400. The van der Waals surface area contributed by atoms with Gasteiger partial charge in [0.05, 0.1) is 0 Å². The summed E-state index contributed by atoms with van der Waals surface area (Å²) in [5.41, 5.74) is 1.36. The summed E-state index contributed by atoms with van der Waals surface area (Å²) in [5, 5.41) is 1.78. The molecule has 0 amide bonds. The third kappa shape index (κ3) is 3.62. The Bertz CT molecular complexity index is 639. The van der Waals surface area contributed by atoms with Crippen molar-refractivity contribution >= 4 is 22.3 Å². The molecule has 0 N–H and O–H groups in total. The highest BCUT2D eigenvalue weighted by molar-refractivity contribution is 6.16. The Labute approximate surface area is 132 Å². The van der Waals surface area contributed by atoms with E-state index in [0.29, 0.717) is 35.8 Å². The smallest absolute Gasteiger partial charge is 0.163 e. The van der Waals surface area contributed by atoms with Gasteiger partial charge in [-0.25, -0.2) is 0 Å². The standard InChI is InChI=1S/C20H24O2/c1-13(2)11-18(21)16-9-5-7-15-8-6-10-17(20(15)16)19(22)12-14(3)4/h5-10,13-14H,11-12H2,1-4H3. The van der Waals surface area contributed by atoms with Gasteiger partial charge in [0.15, 0.2) is 11.6 Å². The zero-order valence-electron chi connectivity index (χ0n) is 13.8. The molecule has 2 aromatic carbocycles. The van der Waals surface area contributed by atoms with Gasteiger partial charge in [-0.15, -0.1) is 0 Å². The lowest BCUT2D eigenvalue weighted by atomic mass is 9.90. The van der Waals surface area contributed by atoms with E-state index in [1.165, 1.54) is 0 Å². The number of rotatable bonds is 6. The van der Waals surface area contributed by atoms with Crippen LogP contribution in [-0.2, 0) is 0 Å². The largest absolute Gasteiger partial charge is 0.294 e. The summed E-state index contributed by atoms with van der Waals surface area (Å²) in [6.45, 7) is 8.14. The molecule has 0 heterocycles. The Morgan fingerprint density at radius 1 is 0.773 bits per heavy atom. The molecular weight excluding hydrogens is 272 g/mol. The molecule has 0 atom stereocenters. The van der Waals surface area contributed by atoms with Gasteiger partial charge in [0.25, 0.3) is 0 Å². The number of ketones is 2. The summed E-state index contributed by atoms with van der Waals surface area (Å²) < 4.78 is 0. The number of hydrogen-bond acceptors (Lipinski definition) is 2. The van der Waals surface area contributed by atoms with E-state index in [-0.39, 0.29) is 11.6 Å². The molecule has 0 bridgehead atoms. The number of fused-ring (bicyclic) bond motifs is 1. The van der Waals surface area contributed by atoms with Crippen LogP contribution < -0.4 is 0 Å². The number of Topliss-reactive ketones (excluding diaryl/α,β-unsaturated/α-hetero) is 2. The molecule has 0 spiro atoms. The molecule has 2 aromatic rings. The Balaban J connectivity index is 2.58. The van der Waals surface area contributed by atoms with E-state index in [1.807, 2.05) is 64.1 Å². The minimum Gasteiger partial charge on any atom is -0.294 e. The molecule has 2 rings (SSSR count). The molecule has 2 nitrogen and oxygen atoms in total. The Hall–Kier alpha value is -1.96. The van der Waals surface area contributed by atoms with E-state index in [0.717, 1.165) is 10.8 Å². The predicted molar refractivity (Wildman–Crippen MR) is 91.5 cm³/mol. The highest BCUT2D eigenvalue weighted by Crippen LogP contribution is 2.27. The van der Waals surface area contributed by atoms with E-state index in [1.54, 1.807) is 0 Å². The lowest BCUT2D eigenvalue weighted by Gasteiger charge is -2.12. The number of carbonyl (C=O) groups excluding carboxylic acids is 2. The number of benzene rings is 2. The first-order valence-electron chi connectivity index (χ1n) is 7.98. The van der Waals surface area contributed by atoms with Gasteiger partial charge in [-0.1, -0.05) is 64.1 Å². The van der Waals surface area contributed by atoms with E-state index in [9.17, 15) is 9.59 Å². The Morgan fingerprint density at radius 2 is 1.18 bits per heavy atom. The number of hydrogen-bond donors (Lipinski definition) is 0. The summed E-state index contributed by atoms with van der Waals surface area (Å²) in [4.78, 5) is 25.1. The molecule has 0 aliphatic rings. The quantitative estimate of drug-likeness (QED) is 0.678. The minimum absolute atomic E-state index is 0.116. The first kappa shape index (κ1) is 16.4. The van der Waals surface area contributed by atoms with Gasteiger partial charge in [0.2, 0.25) is 0 Å². The van der Waals surface area contributed by atoms with Crippen LogP contribution in [0.5, 0.6) is 0 Å². The molecule has 0 fully saturated rings. The molecule has 0 aromatic heterocycles. The zero-order chi connectivity index (χ0) is 16.3. The van der Waals surface area contributed by atoms with E-state index in [4.69, 9.17) is 0 Å². The van der Waals surface area contributed by atoms with Crippen molar-refractivity contribution in [2.24, 2.45) is 11.8 Å². The Kier molecular flexibility index (Phi) is 5.12. The zero-order valence-corrected chi connectivity index (χ0v) is 13.8. The molecule has 0 saturated carbocycles. The summed E-state index contributed by atoms with van der Waals surface area (Å²) in [6, 6.07) is 11.4. The molecule has 22 heavy (non-hydrogen) atoms. The highest BCUT2D eigenvalue weighted by Gasteiger charge is 2.18. The van der Waals surface area contributed by atoms with E-state index >= 15 is 0 Å². The molecule has 0 saturated heterocycles. The van der Waals surface area contributed by atoms with Crippen LogP contribution in [0.15, 0.2) is 36.4 Å². The fourth-order valence-electron chi connectivity index (χ4n) is 2.77. The van der Waals surface area contributed by atoms with Crippen molar-refractivity contribution in [2.75, 3.05) is 0 Å². The van der Waals surface area contributed by atoms with E-state index < -0.39 is 0 Å². The van der Waals surface area contributed by atoms with E-state index in [2.05, 4.69) is 0 Å². The van der Waals surface area contributed by atoms with Crippen molar-refractivity contribution < 1.29 is 9.59 Å². The van der Waals surface area contributed by atoms with Crippen LogP contribution in [0.3, 0.4) is 0 Å². The second-order valence-electron chi connectivity index (χ2n) is 6.75. The van der Waals surface area contributed by atoms with Crippen molar-refractivity contribution in [1.82, 2.24) is 0 Å². The Morgan fingerprint density at radius 3 is 1.55 bits per heavy atom. The van der Waals surface area contributed by atoms with Gasteiger partial charge in [0, 0.05) is 29.4 Å². The first-order valence-corrected chi connectivity index (χ1v) is 7.98. The van der Waals surface area contributed by atoms with Gasteiger partial charge in [-0.2, -0.15) is 0 Å². The van der Waals surface area contributed by atoms with Crippen molar-refractivity contribution in [1.29, 1.82) is 0 Å². The molecule has 0 radical (unpaired) electrons. The van der Waals surface area contributed by atoms with Gasteiger partial charge >= 0.3 is 0 Å². The van der Waals surface area contributed by atoms with Crippen LogP contribution in [-0.4, -0.2) is 11.6 Å². The molecule has 116 valence electrons. The minimum atomic E-state index is 0.116. The van der Waals surface area contributed by atoms with Gasteiger partial charge in [-0.3, -0.25) is 9.59 Å². The summed E-state index contributed by atoms with van der Waals surface area (Å²) in [5.74, 6) is 0.846. The van der Waals surface area contributed by atoms with Crippen LogP contribution in [0.1, 0.15) is 61.3 Å². The maximum atomic E-state index is 12.6. The third-order valence-corrected chi connectivity index (χ3v) is 3.69. The molecule has 2 heteroatoms. The topological polar surface area (TPSA) is 34.1 Å². The normalized spacial score (nSPS) is 11.4. The van der Waals surface area contributed by atoms with Crippen molar-refractivity contribution in [3.63, 3.8) is 0 Å². The highest BCUT2D eigenvalue weighted by atomic mass is 16.1. The van der Waals surface area contributed by atoms with Crippen molar-refractivity contribution in [3.05, 3.63) is 47.5 Å². The number of carbonyl (C=O) groups is 2. The third-order valence-electron chi connectivity index (χ3n) is 3.69. The van der Waals surface area contributed by atoms with Crippen LogP contribution >= 0.6 is 0 Å². The van der Waals surface area contributed by atoms with Gasteiger partial charge < -0.3 is 0 Å². The predicted octanol–water partition coefficient (Wildman–Crippen LogP) is 5.30. The maximum Gasteiger partial charge on any atom is 0.163 e. The van der Waals surface area contributed by atoms with Gasteiger partial charge in [0.1, 0.15) is 0 Å². The van der Waals surface area contributed by atoms with Crippen molar-refractivity contribution in [2.45, 2.75) is 40.5 Å². The molecular formula is C20H24O2. The summed E-state index contributed by atoms with van der Waals surface area (Å²) in [6.07, 6.45) is 1.01. The second kappa shape index (κ2) is 6.87. The van der Waals surface area contributed by atoms with Crippen molar-refractivity contribution in [3.8, 4) is 0 Å². The fourth-order valence-corrected chi connectivity index (χ4v) is 2.77. The van der Waals surface area contributed by atoms with Crippen LogP contribution in [0.4, 0.5) is 0 Å². The van der Waals surface area contributed by atoms with Gasteiger partial charge in [-0.05, 0) is 17.2 Å². The lowest BCUT2D eigenvalue weighted by molar-refractivity contribution is 0.0966. The molecule has 0 aliphatic carbocycles. The van der Waals surface area contributed by atoms with Crippen LogP contribution in [0.2, 0.25) is 0 Å². The summed E-state index contributed by atoms with van der Waals surface area (Å²) in [7, 11) is 0.